The quantitative estimate of drug-likeness (QED) is 0.547. The molecule has 0 saturated carbocycles. The van der Waals surface area contributed by atoms with E-state index in [0.29, 0.717) is 5.75 Å². The largest absolute Gasteiger partial charge is 0.508 e. The first-order valence-electron chi connectivity index (χ1n) is 8.76. The van der Waals surface area contributed by atoms with Crippen LogP contribution in [0.25, 0.3) is 0 Å². The van der Waals surface area contributed by atoms with Crippen molar-refractivity contribution in [1.29, 1.82) is 0 Å². The molecule has 0 fully saturated rings. The van der Waals surface area contributed by atoms with Crippen LogP contribution in [-0.2, 0) is 6.42 Å². The smallest absolute Gasteiger partial charge is 0.115 e. The van der Waals surface area contributed by atoms with Crippen molar-refractivity contribution in [2.75, 3.05) is 19.6 Å². The van der Waals surface area contributed by atoms with Gasteiger partial charge in [-0.15, -0.1) is 0 Å². The van der Waals surface area contributed by atoms with Gasteiger partial charge in [-0.05, 0) is 63.0 Å². The topological polar surface area (TPSA) is 23.5 Å². The molecule has 0 radical (unpaired) electrons. The molecular weight excluding hydrogens is 258 g/mol. The number of unbranched alkanes of at least 4 members (excludes halogenated alkanes) is 5. The summed E-state index contributed by atoms with van der Waals surface area (Å²) >= 11 is 0. The van der Waals surface area contributed by atoms with E-state index in [9.17, 15) is 5.11 Å². The van der Waals surface area contributed by atoms with Gasteiger partial charge in [-0.25, -0.2) is 0 Å². The first-order valence-corrected chi connectivity index (χ1v) is 8.76. The van der Waals surface area contributed by atoms with Gasteiger partial charge < -0.3 is 10.0 Å². The van der Waals surface area contributed by atoms with Crippen molar-refractivity contribution in [2.45, 2.75) is 65.2 Å². The average molecular weight is 291 g/mol. The highest BCUT2D eigenvalue weighted by molar-refractivity contribution is 5.25. The fourth-order valence-electron chi connectivity index (χ4n) is 2.69. The molecule has 0 aliphatic carbocycles. The summed E-state index contributed by atoms with van der Waals surface area (Å²) in [5.74, 6) is 0.360. The molecule has 1 rings (SSSR count). The normalized spacial score (nSPS) is 11.2. The molecule has 21 heavy (non-hydrogen) atoms. The minimum Gasteiger partial charge on any atom is -0.508 e. The number of hydrogen-bond donors (Lipinski definition) is 1. The Morgan fingerprint density at radius 1 is 0.810 bits per heavy atom. The second-order valence-electron chi connectivity index (χ2n) is 5.97. The second kappa shape index (κ2) is 11.6. The van der Waals surface area contributed by atoms with Gasteiger partial charge in [0.05, 0.1) is 0 Å². The molecule has 0 heterocycles. The number of benzene rings is 1. The summed E-state index contributed by atoms with van der Waals surface area (Å²) in [6.45, 7) is 8.20. The van der Waals surface area contributed by atoms with E-state index in [1.807, 2.05) is 12.1 Å². The zero-order valence-electron chi connectivity index (χ0n) is 14.0. The van der Waals surface area contributed by atoms with Gasteiger partial charge in [0.2, 0.25) is 0 Å². The molecule has 0 aliphatic rings. The SMILES string of the molecule is CCCCCCCN(CC)CCCCc1ccc(O)cc1. The Labute approximate surface area is 131 Å². The highest BCUT2D eigenvalue weighted by atomic mass is 16.3. The zero-order chi connectivity index (χ0) is 15.3. The summed E-state index contributed by atoms with van der Waals surface area (Å²) in [4.78, 5) is 2.59. The zero-order valence-corrected chi connectivity index (χ0v) is 14.0. The van der Waals surface area contributed by atoms with Crippen LogP contribution in [-0.4, -0.2) is 29.6 Å². The van der Waals surface area contributed by atoms with Crippen LogP contribution in [0, 0.1) is 0 Å². The molecule has 0 unspecified atom stereocenters. The number of hydrogen-bond acceptors (Lipinski definition) is 2. The second-order valence-corrected chi connectivity index (χ2v) is 5.97. The van der Waals surface area contributed by atoms with Gasteiger partial charge in [-0.1, -0.05) is 51.7 Å². The van der Waals surface area contributed by atoms with Gasteiger partial charge in [0.25, 0.3) is 0 Å². The molecule has 0 aromatic heterocycles. The van der Waals surface area contributed by atoms with Crippen LogP contribution >= 0.6 is 0 Å². The van der Waals surface area contributed by atoms with E-state index < -0.39 is 0 Å². The lowest BCUT2D eigenvalue weighted by Gasteiger charge is -2.20. The average Bonchev–Trinajstić information content (AvgIpc) is 2.51. The molecule has 0 bridgehead atoms. The summed E-state index contributed by atoms with van der Waals surface area (Å²) < 4.78 is 0. The number of rotatable bonds is 12. The van der Waals surface area contributed by atoms with Crippen molar-refractivity contribution in [3.05, 3.63) is 29.8 Å². The first-order chi connectivity index (χ1) is 10.3. The van der Waals surface area contributed by atoms with Gasteiger partial charge in [-0.3, -0.25) is 0 Å². The van der Waals surface area contributed by atoms with Crippen molar-refractivity contribution < 1.29 is 5.11 Å². The van der Waals surface area contributed by atoms with Crippen LogP contribution in [0.3, 0.4) is 0 Å². The van der Waals surface area contributed by atoms with Gasteiger partial charge in [0.1, 0.15) is 5.75 Å². The lowest BCUT2D eigenvalue weighted by molar-refractivity contribution is 0.275. The van der Waals surface area contributed by atoms with Crippen LogP contribution in [0.2, 0.25) is 0 Å². The first kappa shape index (κ1) is 18.0. The summed E-state index contributed by atoms with van der Waals surface area (Å²) in [7, 11) is 0. The van der Waals surface area contributed by atoms with E-state index >= 15 is 0 Å². The minimum absolute atomic E-state index is 0.360. The molecule has 0 spiro atoms. The van der Waals surface area contributed by atoms with Crippen LogP contribution in [0.15, 0.2) is 24.3 Å². The van der Waals surface area contributed by atoms with Crippen molar-refractivity contribution in [3.8, 4) is 5.75 Å². The van der Waals surface area contributed by atoms with E-state index in [1.54, 1.807) is 12.1 Å². The lowest BCUT2D eigenvalue weighted by atomic mass is 10.1. The monoisotopic (exact) mass is 291 g/mol. The van der Waals surface area contributed by atoms with E-state index in [1.165, 1.54) is 70.1 Å². The van der Waals surface area contributed by atoms with Crippen molar-refractivity contribution in [3.63, 3.8) is 0 Å². The molecule has 0 aliphatic heterocycles. The van der Waals surface area contributed by atoms with Crippen molar-refractivity contribution >= 4 is 0 Å². The number of nitrogens with zero attached hydrogens (tertiary/aromatic N) is 1. The van der Waals surface area contributed by atoms with E-state index in [4.69, 9.17) is 0 Å². The summed E-state index contributed by atoms with van der Waals surface area (Å²) in [5.41, 5.74) is 1.33. The molecule has 0 atom stereocenters. The molecule has 2 heteroatoms. The van der Waals surface area contributed by atoms with Gasteiger partial charge in [0, 0.05) is 0 Å². The molecule has 1 N–H and O–H groups in total. The Balaban J connectivity index is 2.07. The van der Waals surface area contributed by atoms with Crippen LogP contribution < -0.4 is 0 Å². The third-order valence-corrected chi connectivity index (χ3v) is 4.15. The van der Waals surface area contributed by atoms with Gasteiger partial charge >= 0.3 is 0 Å². The van der Waals surface area contributed by atoms with E-state index in [2.05, 4.69) is 18.7 Å². The number of aryl methyl sites for hydroxylation is 1. The maximum atomic E-state index is 9.26. The molecule has 120 valence electrons. The van der Waals surface area contributed by atoms with Crippen LogP contribution in [0.4, 0.5) is 0 Å². The highest BCUT2D eigenvalue weighted by Gasteiger charge is 2.02. The Morgan fingerprint density at radius 3 is 2.05 bits per heavy atom. The lowest BCUT2D eigenvalue weighted by Crippen LogP contribution is -2.25. The van der Waals surface area contributed by atoms with E-state index in [-0.39, 0.29) is 0 Å². The van der Waals surface area contributed by atoms with Gasteiger partial charge in [-0.2, -0.15) is 0 Å². The Morgan fingerprint density at radius 2 is 1.43 bits per heavy atom. The molecule has 0 amide bonds. The number of phenolic OH excluding ortho intramolecular Hbond substituents is 1. The van der Waals surface area contributed by atoms with Crippen LogP contribution in [0.5, 0.6) is 5.75 Å². The Bertz CT molecular complexity index is 347. The number of phenols is 1. The van der Waals surface area contributed by atoms with Crippen molar-refractivity contribution in [2.24, 2.45) is 0 Å². The Hall–Kier alpha value is -1.02. The molecule has 0 saturated heterocycles. The number of aromatic hydroxyl groups is 1. The fourth-order valence-corrected chi connectivity index (χ4v) is 2.69. The van der Waals surface area contributed by atoms with E-state index in [0.717, 1.165) is 6.42 Å². The van der Waals surface area contributed by atoms with Gasteiger partial charge in [0.15, 0.2) is 0 Å². The standard InChI is InChI=1S/C19H33NO/c1-3-5-6-7-9-16-20(4-2)17-10-8-11-18-12-14-19(21)15-13-18/h12-15,21H,3-11,16-17H2,1-2H3. The predicted octanol–water partition coefficient (Wildman–Crippen LogP) is 5.01. The molecular formula is C19H33NO. The third-order valence-electron chi connectivity index (χ3n) is 4.15. The van der Waals surface area contributed by atoms with Crippen molar-refractivity contribution in [1.82, 2.24) is 4.90 Å². The Kier molecular flexibility index (Phi) is 9.98. The third kappa shape index (κ3) is 8.77. The molecule has 1 aromatic rings. The summed E-state index contributed by atoms with van der Waals surface area (Å²) in [5, 5.41) is 9.26. The maximum Gasteiger partial charge on any atom is 0.115 e. The molecule has 1 aromatic carbocycles. The highest BCUT2D eigenvalue weighted by Crippen LogP contribution is 2.12. The maximum absolute atomic E-state index is 9.26. The predicted molar refractivity (Wildman–Crippen MR) is 91.9 cm³/mol. The summed E-state index contributed by atoms with van der Waals surface area (Å²) in [6.07, 6.45) is 10.5. The minimum atomic E-state index is 0.360. The van der Waals surface area contributed by atoms with Crippen LogP contribution in [0.1, 0.15) is 64.4 Å². The fraction of sp³-hybridized carbons (Fsp3) is 0.684. The molecule has 2 nitrogen and oxygen atoms in total. The summed E-state index contributed by atoms with van der Waals surface area (Å²) in [6, 6.07) is 7.62.